The van der Waals surface area contributed by atoms with Crippen molar-refractivity contribution in [3.05, 3.63) is 28.8 Å². The van der Waals surface area contributed by atoms with Crippen molar-refractivity contribution < 1.29 is 8.42 Å². The van der Waals surface area contributed by atoms with Crippen LogP contribution >= 0.6 is 0 Å². The van der Waals surface area contributed by atoms with E-state index in [1.165, 1.54) is 6.26 Å². The molecule has 72 valence electrons. The molecule has 0 spiro atoms. The zero-order chi connectivity index (χ0) is 10.2. The Morgan fingerprint density at radius 3 is 2.00 bits per heavy atom. The van der Waals surface area contributed by atoms with E-state index in [4.69, 9.17) is 0 Å². The van der Waals surface area contributed by atoms with E-state index in [1.807, 2.05) is 26.8 Å². The molecule has 0 unspecified atom stereocenters. The predicted molar refractivity (Wildman–Crippen MR) is 53.8 cm³/mol. The van der Waals surface area contributed by atoms with Gasteiger partial charge in [0.1, 0.15) is 0 Å². The molecule has 0 aliphatic rings. The molecule has 0 saturated carbocycles. The largest absolute Gasteiger partial charge is 0.224 e. The average molecular weight is 198 g/mol. The lowest BCUT2D eigenvalue weighted by molar-refractivity contribution is 0.601. The average Bonchev–Trinajstić information content (AvgIpc) is 1.98. The van der Waals surface area contributed by atoms with E-state index in [9.17, 15) is 8.42 Å². The van der Waals surface area contributed by atoms with Gasteiger partial charge in [-0.2, -0.15) is 0 Å². The number of hydrogen-bond donors (Lipinski definition) is 0. The minimum atomic E-state index is -3.07. The van der Waals surface area contributed by atoms with Crippen LogP contribution in [0.1, 0.15) is 16.7 Å². The quantitative estimate of drug-likeness (QED) is 0.691. The molecule has 0 N–H and O–H groups in total. The van der Waals surface area contributed by atoms with Crippen molar-refractivity contribution in [2.75, 3.05) is 6.26 Å². The Labute approximate surface area is 79.5 Å². The van der Waals surface area contributed by atoms with Gasteiger partial charge in [-0.3, -0.25) is 0 Å². The molecule has 2 nitrogen and oxygen atoms in total. The molecule has 0 aliphatic heterocycles. The van der Waals surface area contributed by atoms with E-state index in [-0.39, 0.29) is 0 Å². The standard InChI is InChI=1S/C10H14O2S/c1-7-5-6-10(13(4,11)12)9(3)8(7)2/h5-6H,1-4H3. The minimum Gasteiger partial charge on any atom is -0.224 e. The molecule has 0 bridgehead atoms. The van der Waals surface area contributed by atoms with Gasteiger partial charge in [0.25, 0.3) is 0 Å². The van der Waals surface area contributed by atoms with Crippen molar-refractivity contribution in [1.29, 1.82) is 0 Å². The summed E-state index contributed by atoms with van der Waals surface area (Å²) in [6.45, 7) is 5.77. The van der Waals surface area contributed by atoms with Crippen molar-refractivity contribution >= 4 is 9.84 Å². The highest BCUT2D eigenvalue weighted by Gasteiger charge is 2.12. The highest BCUT2D eigenvalue weighted by molar-refractivity contribution is 7.90. The van der Waals surface area contributed by atoms with Crippen molar-refractivity contribution in [2.24, 2.45) is 0 Å². The van der Waals surface area contributed by atoms with Gasteiger partial charge in [0, 0.05) is 6.26 Å². The zero-order valence-corrected chi connectivity index (χ0v) is 9.20. The van der Waals surface area contributed by atoms with E-state index in [1.54, 1.807) is 6.07 Å². The van der Waals surface area contributed by atoms with Gasteiger partial charge in [-0.15, -0.1) is 0 Å². The summed E-state index contributed by atoms with van der Waals surface area (Å²) in [5, 5.41) is 0. The zero-order valence-electron chi connectivity index (χ0n) is 8.38. The number of rotatable bonds is 1. The molecular weight excluding hydrogens is 184 g/mol. The van der Waals surface area contributed by atoms with E-state index >= 15 is 0 Å². The second-order valence-corrected chi connectivity index (χ2v) is 5.39. The summed E-state index contributed by atoms with van der Waals surface area (Å²) in [6, 6.07) is 3.52. The summed E-state index contributed by atoms with van der Waals surface area (Å²) in [5.41, 5.74) is 3.05. The predicted octanol–water partition coefficient (Wildman–Crippen LogP) is 2.02. The van der Waals surface area contributed by atoms with Gasteiger partial charge < -0.3 is 0 Å². The minimum absolute atomic E-state index is 0.440. The first-order chi connectivity index (χ1) is 5.84. The third-order valence-corrected chi connectivity index (χ3v) is 3.65. The topological polar surface area (TPSA) is 34.1 Å². The first-order valence-electron chi connectivity index (χ1n) is 4.11. The lowest BCUT2D eigenvalue weighted by Gasteiger charge is -2.08. The molecule has 3 heteroatoms. The highest BCUT2D eigenvalue weighted by atomic mass is 32.2. The highest BCUT2D eigenvalue weighted by Crippen LogP contribution is 2.20. The summed E-state index contributed by atoms with van der Waals surface area (Å²) >= 11 is 0. The van der Waals surface area contributed by atoms with Crippen LogP contribution in [0.25, 0.3) is 0 Å². The molecule has 0 amide bonds. The molecule has 13 heavy (non-hydrogen) atoms. The van der Waals surface area contributed by atoms with E-state index in [0.717, 1.165) is 16.7 Å². The van der Waals surface area contributed by atoms with Crippen molar-refractivity contribution in [2.45, 2.75) is 25.7 Å². The Kier molecular flexibility index (Phi) is 2.48. The summed E-state index contributed by atoms with van der Waals surface area (Å²) in [5.74, 6) is 0. The molecule has 0 radical (unpaired) electrons. The van der Waals surface area contributed by atoms with Crippen LogP contribution in [0.15, 0.2) is 17.0 Å². The maximum Gasteiger partial charge on any atom is 0.175 e. The SMILES string of the molecule is Cc1ccc(S(C)(=O)=O)c(C)c1C. The Morgan fingerprint density at radius 2 is 1.54 bits per heavy atom. The van der Waals surface area contributed by atoms with Crippen LogP contribution in [-0.2, 0) is 9.84 Å². The van der Waals surface area contributed by atoms with E-state index in [2.05, 4.69) is 0 Å². The van der Waals surface area contributed by atoms with Crippen molar-refractivity contribution in [1.82, 2.24) is 0 Å². The van der Waals surface area contributed by atoms with Gasteiger partial charge in [-0.25, -0.2) is 8.42 Å². The second kappa shape index (κ2) is 3.14. The summed E-state index contributed by atoms with van der Waals surface area (Å²) in [6.07, 6.45) is 1.24. The fourth-order valence-electron chi connectivity index (χ4n) is 1.33. The Bertz CT molecular complexity index is 430. The lowest BCUT2D eigenvalue weighted by Crippen LogP contribution is -2.02. The number of aryl methyl sites for hydroxylation is 1. The molecule has 0 aliphatic carbocycles. The Balaban J connectivity index is 3.53. The summed E-state index contributed by atoms with van der Waals surface area (Å²) in [4.78, 5) is 0.440. The molecule has 0 aromatic heterocycles. The van der Waals surface area contributed by atoms with E-state index in [0.29, 0.717) is 4.90 Å². The third-order valence-electron chi connectivity index (χ3n) is 2.41. The molecule has 0 fully saturated rings. The van der Waals surface area contributed by atoms with Crippen LogP contribution in [0, 0.1) is 20.8 Å². The van der Waals surface area contributed by atoms with Gasteiger partial charge in [-0.1, -0.05) is 6.07 Å². The molecule has 0 heterocycles. The monoisotopic (exact) mass is 198 g/mol. The molecule has 0 atom stereocenters. The van der Waals surface area contributed by atoms with Crippen LogP contribution in [-0.4, -0.2) is 14.7 Å². The number of hydrogen-bond acceptors (Lipinski definition) is 2. The normalized spacial score (nSPS) is 11.7. The van der Waals surface area contributed by atoms with Gasteiger partial charge in [-0.05, 0) is 43.5 Å². The first kappa shape index (κ1) is 10.3. The second-order valence-electron chi connectivity index (χ2n) is 3.40. The van der Waals surface area contributed by atoms with Crippen LogP contribution < -0.4 is 0 Å². The molecule has 1 rings (SSSR count). The molecule has 1 aromatic rings. The van der Waals surface area contributed by atoms with Crippen LogP contribution in [0.5, 0.6) is 0 Å². The van der Waals surface area contributed by atoms with Crippen LogP contribution in [0.2, 0.25) is 0 Å². The lowest BCUT2D eigenvalue weighted by atomic mass is 10.1. The molecular formula is C10H14O2S. The van der Waals surface area contributed by atoms with Gasteiger partial charge in [0.2, 0.25) is 0 Å². The fraction of sp³-hybridized carbons (Fsp3) is 0.400. The maximum atomic E-state index is 11.3. The van der Waals surface area contributed by atoms with Gasteiger partial charge in [0.05, 0.1) is 4.90 Å². The smallest absolute Gasteiger partial charge is 0.175 e. The van der Waals surface area contributed by atoms with Crippen LogP contribution in [0.4, 0.5) is 0 Å². The Morgan fingerprint density at radius 1 is 1.00 bits per heavy atom. The third kappa shape index (κ3) is 1.91. The van der Waals surface area contributed by atoms with E-state index < -0.39 is 9.84 Å². The maximum absolute atomic E-state index is 11.3. The van der Waals surface area contributed by atoms with Crippen molar-refractivity contribution in [3.8, 4) is 0 Å². The first-order valence-corrected chi connectivity index (χ1v) is 6.00. The molecule has 1 aromatic carbocycles. The summed E-state index contributed by atoms with van der Waals surface area (Å²) in [7, 11) is -3.07. The van der Waals surface area contributed by atoms with Crippen LogP contribution in [0.3, 0.4) is 0 Å². The number of sulfone groups is 1. The fourth-order valence-corrected chi connectivity index (χ4v) is 2.36. The van der Waals surface area contributed by atoms with Crippen molar-refractivity contribution in [3.63, 3.8) is 0 Å². The van der Waals surface area contributed by atoms with Gasteiger partial charge >= 0.3 is 0 Å². The molecule has 0 saturated heterocycles. The number of benzene rings is 1. The summed E-state index contributed by atoms with van der Waals surface area (Å²) < 4.78 is 22.6. The van der Waals surface area contributed by atoms with Gasteiger partial charge in [0.15, 0.2) is 9.84 Å². The Hall–Kier alpha value is -0.830.